The molecule has 1 aromatic rings. The average Bonchev–Trinajstić information content (AvgIpc) is 2.39. The van der Waals surface area contributed by atoms with Gasteiger partial charge in [-0.1, -0.05) is 0 Å². The number of benzene rings is 1. The molecule has 0 radical (unpaired) electrons. The first-order chi connectivity index (χ1) is 8.86. The summed E-state index contributed by atoms with van der Waals surface area (Å²) < 4.78 is 0.838. The van der Waals surface area contributed by atoms with E-state index < -0.39 is 11.9 Å². The number of nitrogens with one attached hydrogen (secondary N) is 1. The zero-order valence-electron chi connectivity index (χ0n) is 11.1. The Labute approximate surface area is 126 Å². The van der Waals surface area contributed by atoms with Crippen molar-refractivity contribution >= 4 is 34.4 Å². The number of aromatic hydroxyl groups is 1. The van der Waals surface area contributed by atoms with E-state index in [1.807, 2.05) is 6.92 Å². The van der Waals surface area contributed by atoms with Gasteiger partial charge in [0.05, 0.1) is 5.56 Å². The minimum absolute atomic E-state index is 0.0959. The molecule has 0 heterocycles. The molecule has 19 heavy (non-hydrogen) atoms. The van der Waals surface area contributed by atoms with E-state index in [9.17, 15) is 14.7 Å². The van der Waals surface area contributed by atoms with E-state index in [0.29, 0.717) is 6.54 Å². The first-order valence-electron chi connectivity index (χ1n) is 5.91. The third kappa shape index (κ3) is 4.09. The average molecular weight is 376 g/mol. The molecular weight excluding hydrogens is 359 g/mol. The second-order valence-electron chi connectivity index (χ2n) is 4.21. The highest BCUT2D eigenvalue weighted by atomic mass is 127. The van der Waals surface area contributed by atoms with Gasteiger partial charge in [0, 0.05) is 17.2 Å². The van der Waals surface area contributed by atoms with Crippen molar-refractivity contribution in [3.8, 4) is 5.75 Å². The Hall–Kier alpha value is -1.31. The number of phenolic OH excluding ortho intramolecular Hbond substituents is 1. The largest absolute Gasteiger partial charge is 0.507 e. The summed E-state index contributed by atoms with van der Waals surface area (Å²) in [5.41, 5.74) is 0.172. The van der Waals surface area contributed by atoms with Gasteiger partial charge in [-0.05, 0) is 54.6 Å². The SMILES string of the molecule is CCN(C)C(=O)C(C)NC(=O)c1cc(I)ccc1O. The number of halogens is 1. The van der Waals surface area contributed by atoms with Gasteiger partial charge in [0.25, 0.3) is 5.91 Å². The first-order valence-corrected chi connectivity index (χ1v) is 6.99. The van der Waals surface area contributed by atoms with Gasteiger partial charge in [0.15, 0.2) is 0 Å². The predicted molar refractivity (Wildman–Crippen MR) is 81.1 cm³/mol. The molecule has 0 aromatic heterocycles. The van der Waals surface area contributed by atoms with Gasteiger partial charge in [-0.15, -0.1) is 0 Å². The lowest BCUT2D eigenvalue weighted by molar-refractivity contribution is -0.131. The van der Waals surface area contributed by atoms with Crippen molar-refractivity contribution in [2.45, 2.75) is 19.9 Å². The van der Waals surface area contributed by atoms with E-state index in [1.54, 1.807) is 26.1 Å². The number of carbonyl (C=O) groups excluding carboxylic acids is 2. The van der Waals surface area contributed by atoms with Crippen molar-refractivity contribution in [3.05, 3.63) is 27.3 Å². The number of carbonyl (C=O) groups is 2. The normalized spacial score (nSPS) is 11.8. The molecule has 0 saturated heterocycles. The van der Waals surface area contributed by atoms with Crippen molar-refractivity contribution in [1.29, 1.82) is 0 Å². The number of amides is 2. The molecule has 0 aliphatic heterocycles. The first kappa shape index (κ1) is 15.7. The van der Waals surface area contributed by atoms with E-state index in [2.05, 4.69) is 27.9 Å². The van der Waals surface area contributed by atoms with Gasteiger partial charge >= 0.3 is 0 Å². The molecule has 6 heteroatoms. The van der Waals surface area contributed by atoms with E-state index in [4.69, 9.17) is 0 Å². The molecule has 2 amide bonds. The van der Waals surface area contributed by atoms with Gasteiger partial charge in [-0.25, -0.2) is 0 Å². The van der Waals surface area contributed by atoms with E-state index >= 15 is 0 Å². The maximum Gasteiger partial charge on any atom is 0.255 e. The fourth-order valence-corrected chi connectivity index (χ4v) is 2.00. The second-order valence-corrected chi connectivity index (χ2v) is 5.45. The summed E-state index contributed by atoms with van der Waals surface area (Å²) in [5.74, 6) is -0.719. The molecule has 1 unspecified atom stereocenters. The van der Waals surface area contributed by atoms with Crippen LogP contribution in [-0.4, -0.2) is 41.5 Å². The summed E-state index contributed by atoms with van der Waals surface area (Å²) in [6.45, 7) is 4.06. The maximum atomic E-state index is 12.0. The number of hydrogen-bond acceptors (Lipinski definition) is 3. The van der Waals surface area contributed by atoms with Crippen LogP contribution < -0.4 is 5.32 Å². The Morgan fingerprint density at radius 1 is 1.47 bits per heavy atom. The van der Waals surface area contributed by atoms with Gasteiger partial charge in [0.1, 0.15) is 11.8 Å². The molecule has 0 bridgehead atoms. The van der Waals surface area contributed by atoms with Gasteiger partial charge < -0.3 is 15.3 Å². The molecule has 2 N–H and O–H groups in total. The highest BCUT2D eigenvalue weighted by Crippen LogP contribution is 2.19. The number of hydrogen-bond donors (Lipinski definition) is 2. The minimum Gasteiger partial charge on any atom is -0.507 e. The molecule has 0 saturated carbocycles. The molecular formula is C13H17IN2O3. The van der Waals surface area contributed by atoms with Crippen molar-refractivity contribution in [1.82, 2.24) is 10.2 Å². The van der Waals surface area contributed by atoms with Crippen LogP contribution >= 0.6 is 22.6 Å². The summed E-state index contributed by atoms with van der Waals surface area (Å²) in [6.07, 6.45) is 0. The van der Waals surface area contributed by atoms with Crippen LogP contribution in [-0.2, 0) is 4.79 Å². The van der Waals surface area contributed by atoms with Crippen LogP contribution in [0.15, 0.2) is 18.2 Å². The third-order valence-electron chi connectivity index (χ3n) is 2.77. The topological polar surface area (TPSA) is 69.6 Å². The molecule has 0 fully saturated rings. The molecule has 1 aromatic carbocycles. The molecule has 0 aliphatic rings. The van der Waals surface area contributed by atoms with Gasteiger partial charge in [0.2, 0.25) is 5.91 Å². The van der Waals surface area contributed by atoms with Crippen molar-refractivity contribution in [2.75, 3.05) is 13.6 Å². The standard InChI is InChI=1S/C13H17IN2O3/c1-4-16(3)13(19)8(2)15-12(18)10-7-9(14)5-6-11(10)17/h5-8,17H,4H2,1-3H3,(H,15,18). The molecule has 1 rings (SSSR count). The van der Waals surface area contributed by atoms with E-state index in [1.165, 1.54) is 11.0 Å². The molecule has 0 aliphatic carbocycles. The van der Waals surface area contributed by atoms with Crippen LogP contribution in [0.3, 0.4) is 0 Å². The zero-order valence-corrected chi connectivity index (χ0v) is 13.3. The summed E-state index contributed by atoms with van der Waals surface area (Å²) >= 11 is 2.05. The molecule has 0 spiro atoms. The maximum absolute atomic E-state index is 12.0. The van der Waals surface area contributed by atoms with Crippen LogP contribution in [0.1, 0.15) is 24.2 Å². The summed E-state index contributed by atoms with van der Waals surface area (Å²) in [5, 5.41) is 12.2. The lowest BCUT2D eigenvalue weighted by Gasteiger charge is -2.20. The van der Waals surface area contributed by atoms with Crippen molar-refractivity contribution in [3.63, 3.8) is 0 Å². The van der Waals surface area contributed by atoms with Crippen LogP contribution in [0.2, 0.25) is 0 Å². The molecule has 1 atom stereocenters. The van der Waals surface area contributed by atoms with Crippen molar-refractivity contribution in [2.24, 2.45) is 0 Å². The van der Waals surface area contributed by atoms with Gasteiger partial charge in [-0.2, -0.15) is 0 Å². The van der Waals surface area contributed by atoms with Crippen molar-refractivity contribution < 1.29 is 14.7 Å². The Morgan fingerprint density at radius 3 is 2.68 bits per heavy atom. The summed E-state index contributed by atoms with van der Waals surface area (Å²) in [7, 11) is 1.67. The van der Waals surface area contributed by atoms with E-state index in [-0.39, 0.29) is 17.2 Å². The Morgan fingerprint density at radius 2 is 2.11 bits per heavy atom. The number of phenols is 1. The van der Waals surface area contributed by atoms with E-state index in [0.717, 1.165) is 3.57 Å². The number of nitrogens with zero attached hydrogens (tertiary/aromatic N) is 1. The smallest absolute Gasteiger partial charge is 0.255 e. The third-order valence-corrected chi connectivity index (χ3v) is 3.44. The Kier molecular flexibility index (Phi) is 5.59. The summed E-state index contributed by atoms with van der Waals surface area (Å²) in [4.78, 5) is 25.4. The van der Waals surface area contributed by atoms with Gasteiger partial charge in [-0.3, -0.25) is 9.59 Å². The highest BCUT2D eigenvalue weighted by molar-refractivity contribution is 14.1. The number of rotatable bonds is 4. The quantitative estimate of drug-likeness (QED) is 0.785. The predicted octanol–water partition coefficient (Wildman–Crippen LogP) is 1.59. The monoisotopic (exact) mass is 376 g/mol. The van der Waals surface area contributed by atoms with Crippen LogP contribution in [0.25, 0.3) is 0 Å². The van der Waals surface area contributed by atoms with Crippen LogP contribution in [0, 0.1) is 3.57 Å². The zero-order chi connectivity index (χ0) is 14.6. The second kappa shape index (κ2) is 6.74. The fraction of sp³-hybridized carbons (Fsp3) is 0.385. The van der Waals surface area contributed by atoms with Crippen LogP contribution in [0.4, 0.5) is 0 Å². The lowest BCUT2D eigenvalue weighted by Crippen LogP contribution is -2.45. The fourth-order valence-electron chi connectivity index (χ4n) is 1.51. The summed E-state index contributed by atoms with van der Waals surface area (Å²) in [6, 6.07) is 4.11. The Balaban J connectivity index is 2.80. The number of likely N-dealkylation sites (N-methyl/N-ethyl adjacent to an activating group) is 1. The lowest BCUT2D eigenvalue weighted by atomic mass is 10.1. The van der Waals surface area contributed by atoms with Crippen LogP contribution in [0.5, 0.6) is 5.75 Å². The molecule has 104 valence electrons. The Bertz CT molecular complexity index is 491. The highest BCUT2D eigenvalue weighted by Gasteiger charge is 2.20. The minimum atomic E-state index is -0.630. The molecule has 5 nitrogen and oxygen atoms in total.